The molecule has 0 saturated heterocycles. The normalized spacial score (nSPS) is 12.0. The number of anilines is 1. The van der Waals surface area contributed by atoms with Crippen LogP contribution in [0.5, 0.6) is 0 Å². The highest BCUT2D eigenvalue weighted by Crippen LogP contribution is 2.20. The smallest absolute Gasteiger partial charge is 0.255 e. The summed E-state index contributed by atoms with van der Waals surface area (Å²) in [7, 11) is 4.93. The van der Waals surface area contributed by atoms with Crippen LogP contribution in [0.15, 0.2) is 12.3 Å². The van der Waals surface area contributed by atoms with E-state index < -0.39 is 0 Å². The maximum Gasteiger partial charge on any atom is 0.255 e. The molecule has 1 N–H and O–H groups in total. The van der Waals surface area contributed by atoms with Crippen molar-refractivity contribution >= 4 is 23.3 Å². The number of carbonyl (C=O) groups is 1. The van der Waals surface area contributed by atoms with E-state index in [1.165, 1.54) is 6.20 Å². The fraction of sp³-hybridized carbons (Fsp3) is 0.571. The number of rotatable bonds is 8. The van der Waals surface area contributed by atoms with Gasteiger partial charge in [0.05, 0.1) is 29.8 Å². The zero-order valence-electron chi connectivity index (χ0n) is 12.9. The molecule has 1 atom stereocenters. The first-order valence-electron chi connectivity index (χ1n) is 6.67. The number of hydrogen-bond donors (Lipinski definition) is 1. The maximum atomic E-state index is 12.6. The van der Waals surface area contributed by atoms with Crippen LogP contribution in [0.25, 0.3) is 0 Å². The lowest BCUT2D eigenvalue weighted by atomic mass is 10.2. The number of carbonyl (C=O) groups excluding carboxylic acids is 1. The Hall–Kier alpha value is -1.37. The molecule has 0 radical (unpaired) electrons. The summed E-state index contributed by atoms with van der Waals surface area (Å²) in [6.07, 6.45) is 1.51. The standard InChI is InChI=1S/C14H22ClN3O3/c1-10(9-21-4)18(5-6-20-3)14(19)11-7-12(15)13(16-2)17-8-11/h7-8,10H,5-6,9H2,1-4H3,(H,16,17). The van der Waals surface area contributed by atoms with E-state index in [0.717, 1.165) is 0 Å². The second kappa shape index (κ2) is 8.81. The van der Waals surface area contributed by atoms with Crippen LogP contribution in [0, 0.1) is 0 Å². The van der Waals surface area contributed by atoms with Crippen molar-refractivity contribution in [2.75, 3.05) is 46.3 Å². The third-order valence-corrected chi connectivity index (χ3v) is 3.35. The van der Waals surface area contributed by atoms with E-state index in [1.807, 2.05) is 6.92 Å². The molecule has 0 spiro atoms. The Bertz CT molecular complexity index is 471. The van der Waals surface area contributed by atoms with E-state index in [9.17, 15) is 4.79 Å². The summed E-state index contributed by atoms with van der Waals surface area (Å²) < 4.78 is 10.2. The van der Waals surface area contributed by atoms with Crippen molar-refractivity contribution in [1.82, 2.24) is 9.88 Å². The molecule has 0 aliphatic carbocycles. The molecule has 1 aromatic heterocycles. The number of hydrogen-bond acceptors (Lipinski definition) is 5. The minimum absolute atomic E-state index is 0.0691. The Kier molecular flexibility index (Phi) is 7.42. The van der Waals surface area contributed by atoms with Gasteiger partial charge in [-0.15, -0.1) is 0 Å². The number of methoxy groups -OCH3 is 2. The average Bonchev–Trinajstić information content (AvgIpc) is 2.47. The summed E-state index contributed by atoms with van der Waals surface area (Å²) in [6.45, 7) is 3.31. The van der Waals surface area contributed by atoms with Gasteiger partial charge in [-0.1, -0.05) is 11.6 Å². The third-order valence-electron chi connectivity index (χ3n) is 3.06. The summed E-state index contributed by atoms with van der Waals surface area (Å²) >= 11 is 6.08. The molecule has 118 valence electrons. The summed E-state index contributed by atoms with van der Waals surface area (Å²) in [6, 6.07) is 1.54. The van der Waals surface area contributed by atoms with Gasteiger partial charge in [0.1, 0.15) is 5.82 Å². The minimum atomic E-state index is -0.145. The van der Waals surface area contributed by atoms with Gasteiger partial charge in [0.25, 0.3) is 5.91 Å². The third kappa shape index (κ3) is 4.84. The molecule has 1 heterocycles. The SMILES string of the molecule is CNc1ncc(C(=O)N(CCOC)C(C)COC)cc1Cl. The predicted octanol–water partition coefficient (Wildman–Crippen LogP) is 1.90. The Balaban J connectivity index is 2.95. The van der Waals surface area contributed by atoms with Crippen LogP contribution in [0.4, 0.5) is 5.82 Å². The summed E-state index contributed by atoms with van der Waals surface area (Å²) in [5, 5.41) is 3.27. The van der Waals surface area contributed by atoms with Crippen LogP contribution in [-0.2, 0) is 9.47 Å². The molecule has 0 saturated carbocycles. The molecule has 1 amide bonds. The van der Waals surface area contributed by atoms with E-state index in [0.29, 0.717) is 36.2 Å². The van der Waals surface area contributed by atoms with Crippen LogP contribution < -0.4 is 5.32 Å². The molecule has 6 nitrogen and oxygen atoms in total. The number of nitrogens with one attached hydrogen (secondary N) is 1. The van der Waals surface area contributed by atoms with Gasteiger partial charge in [0.2, 0.25) is 0 Å². The quantitative estimate of drug-likeness (QED) is 0.794. The highest BCUT2D eigenvalue weighted by Gasteiger charge is 2.22. The molecular formula is C14H22ClN3O3. The number of amides is 1. The second-order valence-electron chi connectivity index (χ2n) is 4.60. The molecule has 1 unspecified atom stereocenters. The summed E-state index contributed by atoms with van der Waals surface area (Å²) in [5.74, 6) is 0.398. The first-order chi connectivity index (χ1) is 10.0. The topological polar surface area (TPSA) is 63.7 Å². The van der Waals surface area contributed by atoms with Gasteiger partial charge in [-0.2, -0.15) is 0 Å². The van der Waals surface area contributed by atoms with Gasteiger partial charge in [-0.3, -0.25) is 4.79 Å². The number of ether oxygens (including phenoxy) is 2. The zero-order valence-corrected chi connectivity index (χ0v) is 13.6. The second-order valence-corrected chi connectivity index (χ2v) is 5.01. The Morgan fingerprint density at radius 1 is 1.48 bits per heavy atom. The molecule has 21 heavy (non-hydrogen) atoms. The average molecular weight is 316 g/mol. The molecule has 7 heteroatoms. The maximum absolute atomic E-state index is 12.6. The van der Waals surface area contributed by atoms with E-state index in [4.69, 9.17) is 21.1 Å². The van der Waals surface area contributed by atoms with Crippen molar-refractivity contribution in [3.63, 3.8) is 0 Å². The Morgan fingerprint density at radius 3 is 2.71 bits per heavy atom. The molecule has 0 fully saturated rings. The van der Waals surface area contributed by atoms with Crippen LogP contribution in [0.1, 0.15) is 17.3 Å². The fourth-order valence-electron chi connectivity index (χ4n) is 1.95. The fourth-order valence-corrected chi connectivity index (χ4v) is 2.21. The number of aromatic nitrogens is 1. The highest BCUT2D eigenvalue weighted by molar-refractivity contribution is 6.33. The van der Waals surface area contributed by atoms with Gasteiger partial charge in [0.15, 0.2) is 0 Å². The van der Waals surface area contributed by atoms with Gasteiger partial charge in [0, 0.05) is 34.0 Å². The van der Waals surface area contributed by atoms with E-state index in [1.54, 1.807) is 32.2 Å². The van der Waals surface area contributed by atoms with Gasteiger partial charge < -0.3 is 19.7 Å². The lowest BCUT2D eigenvalue weighted by molar-refractivity contribution is 0.0479. The number of halogens is 1. The zero-order chi connectivity index (χ0) is 15.8. The van der Waals surface area contributed by atoms with Gasteiger partial charge in [-0.25, -0.2) is 4.98 Å². The molecule has 0 aliphatic rings. The lowest BCUT2D eigenvalue weighted by Gasteiger charge is -2.28. The summed E-state index contributed by atoms with van der Waals surface area (Å²) in [5.41, 5.74) is 0.443. The largest absolute Gasteiger partial charge is 0.383 e. The first-order valence-corrected chi connectivity index (χ1v) is 7.05. The van der Waals surface area contributed by atoms with Crippen LogP contribution in [-0.4, -0.2) is 62.9 Å². The lowest BCUT2D eigenvalue weighted by Crippen LogP contribution is -2.43. The van der Waals surface area contributed by atoms with Gasteiger partial charge >= 0.3 is 0 Å². The monoisotopic (exact) mass is 315 g/mol. The number of pyridine rings is 1. The summed E-state index contributed by atoms with van der Waals surface area (Å²) in [4.78, 5) is 18.4. The predicted molar refractivity (Wildman–Crippen MR) is 83.0 cm³/mol. The Labute approximate surface area is 130 Å². The van der Waals surface area contributed by atoms with Crippen LogP contribution in [0.3, 0.4) is 0 Å². The van der Waals surface area contributed by atoms with Crippen LogP contribution >= 0.6 is 11.6 Å². The molecule has 0 aliphatic heterocycles. The number of nitrogens with zero attached hydrogens (tertiary/aromatic N) is 2. The highest BCUT2D eigenvalue weighted by atomic mass is 35.5. The van der Waals surface area contributed by atoms with Crippen molar-refractivity contribution < 1.29 is 14.3 Å². The molecule has 1 rings (SSSR count). The molecular weight excluding hydrogens is 294 g/mol. The van der Waals surface area contributed by atoms with E-state index in [-0.39, 0.29) is 11.9 Å². The van der Waals surface area contributed by atoms with E-state index in [2.05, 4.69) is 10.3 Å². The van der Waals surface area contributed by atoms with Crippen molar-refractivity contribution in [3.05, 3.63) is 22.8 Å². The Morgan fingerprint density at radius 2 is 2.19 bits per heavy atom. The molecule has 1 aromatic rings. The van der Waals surface area contributed by atoms with Crippen molar-refractivity contribution in [2.45, 2.75) is 13.0 Å². The molecule has 0 bridgehead atoms. The van der Waals surface area contributed by atoms with E-state index >= 15 is 0 Å². The van der Waals surface area contributed by atoms with Crippen molar-refractivity contribution in [2.24, 2.45) is 0 Å². The minimum Gasteiger partial charge on any atom is -0.383 e. The molecule has 0 aromatic carbocycles. The van der Waals surface area contributed by atoms with Gasteiger partial charge in [-0.05, 0) is 13.0 Å². The van der Waals surface area contributed by atoms with Crippen molar-refractivity contribution in [1.29, 1.82) is 0 Å². The first kappa shape index (κ1) is 17.7. The van der Waals surface area contributed by atoms with Crippen molar-refractivity contribution in [3.8, 4) is 0 Å². The van der Waals surface area contributed by atoms with Crippen LogP contribution in [0.2, 0.25) is 5.02 Å².